The molecule has 0 atom stereocenters. The van der Waals surface area contributed by atoms with Gasteiger partial charge in [-0.2, -0.15) is 0 Å². The molecule has 2 N–H and O–H groups in total. The van der Waals surface area contributed by atoms with Gasteiger partial charge in [-0.05, 0) is 52.4 Å². The molecule has 0 radical (unpaired) electrons. The van der Waals surface area contributed by atoms with E-state index in [-0.39, 0.29) is 11.1 Å². The third kappa shape index (κ3) is 3.18. The van der Waals surface area contributed by atoms with Crippen LogP contribution in [0.3, 0.4) is 0 Å². The number of likely N-dealkylation sites (N-methyl/N-ethyl adjacent to an activating group) is 1. The van der Waals surface area contributed by atoms with E-state index in [0.717, 1.165) is 30.6 Å². The number of carboxylic acid groups (broad SMARTS) is 1. The number of aryl methyl sites for hydroxylation is 2. The van der Waals surface area contributed by atoms with Gasteiger partial charge in [0.15, 0.2) is 0 Å². The van der Waals surface area contributed by atoms with Crippen LogP contribution in [0.4, 0.5) is 5.82 Å². The molecule has 1 aromatic rings. The van der Waals surface area contributed by atoms with Crippen molar-refractivity contribution in [2.75, 3.05) is 26.0 Å². The van der Waals surface area contributed by atoms with Gasteiger partial charge >= 0.3 is 5.97 Å². The zero-order valence-electron chi connectivity index (χ0n) is 13.4. The number of carboxylic acids is 1. The van der Waals surface area contributed by atoms with Gasteiger partial charge in [-0.3, -0.25) is 0 Å². The predicted octanol–water partition coefficient (Wildman–Crippen LogP) is 2.68. The number of carbonyl (C=O) groups is 1. The van der Waals surface area contributed by atoms with Gasteiger partial charge in [0.1, 0.15) is 11.4 Å². The van der Waals surface area contributed by atoms with Crippen molar-refractivity contribution in [2.45, 2.75) is 45.1 Å². The van der Waals surface area contributed by atoms with Gasteiger partial charge in [-0.15, -0.1) is 0 Å². The van der Waals surface area contributed by atoms with Gasteiger partial charge in [-0.1, -0.05) is 12.8 Å². The molecule has 0 saturated heterocycles. The molecule has 21 heavy (non-hydrogen) atoms. The van der Waals surface area contributed by atoms with Crippen LogP contribution in [0.1, 0.15) is 47.3 Å². The molecule has 0 aliphatic heterocycles. The normalized spacial score (nSPS) is 17.2. The average molecular weight is 291 g/mol. The number of pyridine rings is 1. The number of hydrogen-bond acceptors (Lipinski definition) is 4. The van der Waals surface area contributed by atoms with Gasteiger partial charge in [0.2, 0.25) is 0 Å². The minimum absolute atomic E-state index is 0.106. The van der Waals surface area contributed by atoms with Crippen LogP contribution in [-0.4, -0.2) is 47.1 Å². The monoisotopic (exact) mass is 291 g/mol. The molecule has 5 heteroatoms. The van der Waals surface area contributed by atoms with Crippen molar-refractivity contribution in [3.05, 3.63) is 22.9 Å². The number of rotatable bonds is 5. The fraction of sp³-hybridized carbons (Fsp3) is 0.625. The fourth-order valence-electron chi connectivity index (χ4n) is 3.30. The lowest BCUT2D eigenvalue weighted by molar-refractivity contribution is 0.0696. The Morgan fingerprint density at radius 2 is 2.00 bits per heavy atom. The van der Waals surface area contributed by atoms with E-state index in [1.54, 1.807) is 0 Å². The maximum Gasteiger partial charge on any atom is 0.339 e. The van der Waals surface area contributed by atoms with Crippen LogP contribution in [0.15, 0.2) is 6.07 Å². The molecular weight excluding hydrogens is 266 g/mol. The average Bonchev–Trinajstić information content (AvgIpc) is 2.85. The van der Waals surface area contributed by atoms with Gasteiger partial charge in [-0.25, -0.2) is 9.78 Å². The first-order chi connectivity index (χ1) is 9.85. The smallest absolute Gasteiger partial charge is 0.339 e. The lowest BCUT2D eigenvalue weighted by atomic mass is 9.96. The first-order valence-electron chi connectivity index (χ1n) is 7.48. The highest BCUT2D eigenvalue weighted by molar-refractivity contribution is 5.94. The van der Waals surface area contributed by atoms with E-state index < -0.39 is 5.97 Å². The van der Waals surface area contributed by atoms with Gasteiger partial charge in [0, 0.05) is 17.8 Å². The van der Waals surface area contributed by atoms with E-state index in [1.165, 1.54) is 12.8 Å². The zero-order valence-corrected chi connectivity index (χ0v) is 13.4. The maximum absolute atomic E-state index is 11.5. The van der Waals surface area contributed by atoms with Crippen molar-refractivity contribution in [1.29, 1.82) is 0 Å². The second-order valence-electron chi connectivity index (χ2n) is 6.29. The number of aromatic nitrogens is 1. The molecule has 0 aromatic carbocycles. The second-order valence-corrected chi connectivity index (χ2v) is 6.29. The van der Waals surface area contributed by atoms with Crippen molar-refractivity contribution in [2.24, 2.45) is 0 Å². The summed E-state index contributed by atoms with van der Waals surface area (Å²) >= 11 is 0. The first kappa shape index (κ1) is 15.8. The topological polar surface area (TPSA) is 65.5 Å². The van der Waals surface area contributed by atoms with Crippen molar-refractivity contribution < 1.29 is 9.90 Å². The minimum atomic E-state index is -0.923. The minimum Gasteiger partial charge on any atom is -0.478 e. The molecule has 0 amide bonds. The Hall–Kier alpha value is -1.62. The largest absolute Gasteiger partial charge is 0.478 e. The van der Waals surface area contributed by atoms with Crippen molar-refractivity contribution >= 4 is 11.8 Å². The molecule has 0 bridgehead atoms. The molecule has 1 heterocycles. The van der Waals surface area contributed by atoms with Crippen LogP contribution in [0.5, 0.6) is 0 Å². The first-order valence-corrected chi connectivity index (χ1v) is 7.48. The molecular formula is C16H25N3O2. The summed E-state index contributed by atoms with van der Waals surface area (Å²) < 4.78 is 0. The van der Waals surface area contributed by atoms with Crippen molar-refractivity contribution in [3.8, 4) is 0 Å². The molecule has 1 aliphatic carbocycles. The van der Waals surface area contributed by atoms with E-state index >= 15 is 0 Å². The summed E-state index contributed by atoms with van der Waals surface area (Å²) in [6, 6.07) is 1.81. The van der Waals surface area contributed by atoms with Crippen LogP contribution in [0.2, 0.25) is 0 Å². The van der Waals surface area contributed by atoms with Crippen molar-refractivity contribution in [3.63, 3.8) is 0 Å². The lowest BCUT2D eigenvalue weighted by Gasteiger charge is -2.36. The van der Waals surface area contributed by atoms with Crippen LogP contribution >= 0.6 is 0 Å². The van der Waals surface area contributed by atoms with Crippen LogP contribution in [-0.2, 0) is 0 Å². The highest BCUT2D eigenvalue weighted by Crippen LogP contribution is 2.34. The molecule has 0 spiro atoms. The van der Waals surface area contributed by atoms with Crippen molar-refractivity contribution in [1.82, 2.24) is 9.88 Å². The Kier molecular flexibility index (Phi) is 4.52. The van der Waals surface area contributed by atoms with E-state index in [9.17, 15) is 9.90 Å². The summed E-state index contributed by atoms with van der Waals surface area (Å²) in [7, 11) is 4.19. The van der Waals surface area contributed by atoms with Crippen LogP contribution in [0, 0.1) is 13.8 Å². The molecule has 116 valence electrons. The lowest BCUT2D eigenvalue weighted by Crippen LogP contribution is -2.47. The number of nitrogens with zero attached hydrogens (tertiary/aromatic N) is 2. The number of anilines is 1. The third-order valence-electron chi connectivity index (χ3n) is 4.63. The predicted molar refractivity (Wildman–Crippen MR) is 84.0 cm³/mol. The van der Waals surface area contributed by atoms with E-state index in [1.807, 2.05) is 19.9 Å². The Morgan fingerprint density at radius 1 is 1.38 bits per heavy atom. The molecule has 1 saturated carbocycles. The molecule has 1 aromatic heterocycles. The molecule has 1 aliphatic rings. The Bertz CT molecular complexity index is 535. The molecule has 5 nitrogen and oxygen atoms in total. The van der Waals surface area contributed by atoms with Crippen LogP contribution < -0.4 is 5.32 Å². The van der Waals surface area contributed by atoms with Gasteiger partial charge in [0.05, 0.1) is 0 Å². The van der Waals surface area contributed by atoms with E-state index in [2.05, 4.69) is 29.3 Å². The highest BCUT2D eigenvalue weighted by Gasteiger charge is 2.36. The number of aromatic carboxylic acids is 1. The quantitative estimate of drug-likeness (QED) is 0.873. The molecule has 2 rings (SSSR count). The summed E-state index contributed by atoms with van der Waals surface area (Å²) in [5.74, 6) is -0.430. The number of hydrogen-bond donors (Lipinski definition) is 2. The third-order valence-corrected chi connectivity index (χ3v) is 4.63. The second kappa shape index (κ2) is 6.02. The highest BCUT2D eigenvalue weighted by atomic mass is 16.4. The fourth-order valence-corrected chi connectivity index (χ4v) is 3.30. The Balaban J connectivity index is 2.25. The van der Waals surface area contributed by atoms with E-state index in [0.29, 0.717) is 5.82 Å². The number of nitrogens with one attached hydrogen (secondary N) is 1. The Morgan fingerprint density at radius 3 is 2.52 bits per heavy atom. The van der Waals surface area contributed by atoms with Gasteiger partial charge < -0.3 is 15.3 Å². The maximum atomic E-state index is 11.5. The van der Waals surface area contributed by atoms with Crippen LogP contribution in [0.25, 0.3) is 0 Å². The SMILES string of the molecule is Cc1cc(C)c(C(=O)O)c(NCC2(N(C)C)CCCC2)n1. The summed E-state index contributed by atoms with van der Waals surface area (Å²) in [6.07, 6.45) is 4.73. The standard InChI is InChI=1S/C16H25N3O2/c1-11-9-12(2)18-14(13(11)15(20)21)17-10-16(19(3)4)7-5-6-8-16/h9H,5-8,10H2,1-4H3,(H,17,18)(H,20,21). The summed E-state index contributed by atoms with van der Waals surface area (Å²) in [5.41, 5.74) is 1.98. The summed E-state index contributed by atoms with van der Waals surface area (Å²) in [6.45, 7) is 4.44. The molecule has 0 unspecified atom stereocenters. The Labute approximate surface area is 126 Å². The summed E-state index contributed by atoms with van der Waals surface area (Å²) in [4.78, 5) is 18.1. The summed E-state index contributed by atoms with van der Waals surface area (Å²) in [5, 5.41) is 12.7. The van der Waals surface area contributed by atoms with Gasteiger partial charge in [0.25, 0.3) is 0 Å². The van der Waals surface area contributed by atoms with E-state index in [4.69, 9.17) is 0 Å². The molecule has 1 fully saturated rings. The zero-order chi connectivity index (χ0) is 15.6.